The summed E-state index contributed by atoms with van der Waals surface area (Å²) in [6.45, 7) is 5.57. The van der Waals surface area contributed by atoms with Gasteiger partial charge in [-0.1, -0.05) is 31.5 Å². The van der Waals surface area contributed by atoms with Crippen LogP contribution in [-0.2, 0) is 4.74 Å². The van der Waals surface area contributed by atoms with Gasteiger partial charge in [-0.3, -0.25) is 4.34 Å². The molecule has 2 atom stereocenters. The van der Waals surface area contributed by atoms with Crippen LogP contribution in [0.3, 0.4) is 0 Å². The van der Waals surface area contributed by atoms with E-state index in [-0.39, 0.29) is 17.4 Å². The number of halogens is 4. The molecule has 3 aromatic rings. The van der Waals surface area contributed by atoms with E-state index in [1.807, 2.05) is 48.2 Å². The molecular formula is C21H25ClF2IN4OPS. The fourth-order valence-electron chi connectivity index (χ4n) is 3.57. The summed E-state index contributed by atoms with van der Waals surface area (Å²) in [5, 5.41) is 3.57. The van der Waals surface area contributed by atoms with Crippen LogP contribution in [0.25, 0.3) is 11.2 Å². The maximum absolute atomic E-state index is 13.5. The molecule has 0 aliphatic carbocycles. The van der Waals surface area contributed by atoms with Crippen molar-refractivity contribution in [1.29, 1.82) is 0 Å². The topological polar surface area (TPSA) is 52.0 Å². The number of benzene rings is 1. The number of hydrogen-bond donors (Lipinski definition) is 1. The summed E-state index contributed by atoms with van der Waals surface area (Å²) in [6, 6.07) is 7.90. The molecule has 3 heterocycles. The molecule has 1 aliphatic rings. The molecule has 0 spiro atoms. The standard InChI is InChI=1S/C19H19ClF2IN4OPS.C2H6/c1-30-14-7-10(11-3-2-6-28-9-11)4-5-12(14)24-13-8-15(20)25-18-16(13)26-19(17(21)22)27(18)29-23;1-2/h4-5,7-8,11,17,29H,2-3,6,9H2,1H3,(H,24,25);1-2H3. The first-order chi connectivity index (χ1) is 15.5. The van der Waals surface area contributed by atoms with Crippen LogP contribution < -0.4 is 5.32 Å². The molecule has 1 fully saturated rings. The Balaban J connectivity index is 0.00000141. The van der Waals surface area contributed by atoms with Gasteiger partial charge in [0.15, 0.2) is 11.5 Å². The first kappa shape index (κ1) is 25.9. The molecule has 32 heavy (non-hydrogen) atoms. The minimum Gasteiger partial charge on any atom is -0.381 e. The van der Waals surface area contributed by atoms with Crippen molar-refractivity contribution in [3.8, 4) is 0 Å². The zero-order chi connectivity index (χ0) is 23.3. The van der Waals surface area contributed by atoms with Gasteiger partial charge in [-0.05, 0) is 58.8 Å². The van der Waals surface area contributed by atoms with Gasteiger partial charge in [0.25, 0.3) is 6.43 Å². The van der Waals surface area contributed by atoms with Crippen molar-refractivity contribution < 1.29 is 13.5 Å². The number of anilines is 2. The molecule has 1 aromatic carbocycles. The average Bonchev–Trinajstić information content (AvgIpc) is 3.20. The molecule has 0 saturated carbocycles. The molecule has 1 aliphatic heterocycles. The molecule has 1 saturated heterocycles. The fraction of sp³-hybridized carbons (Fsp3) is 0.429. The Hall–Kier alpha value is -0.740. The Morgan fingerprint density at radius 3 is 2.69 bits per heavy atom. The van der Waals surface area contributed by atoms with Gasteiger partial charge in [0.2, 0.25) is 0 Å². The average molecular weight is 613 g/mol. The zero-order valence-corrected chi connectivity index (χ0v) is 22.7. The van der Waals surface area contributed by atoms with Gasteiger partial charge in [0, 0.05) is 23.5 Å². The van der Waals surface area contributed by atoms with Crippen LogP contribution >= 0.6 is 51.8 Å². The summed E-state index contributed by atoms with van der Waals surface area (Å²) in [5.41, 5.74) is 3.42. The lowest BCUT2D eigenvalue weighted by atomic mass is 9.93. The summed E-state index contributed by atoms with van der Waals surface area (Å²) >= 11 is 9.87. The van der Waals surface area contributed by atoms with Gasteiger partial charge in [0.05, 0.1) is 24.4 Å². The summed E-state index contributed by atoms with van der Waals surface area (Å²) in [7, 11) is 0. The van der Waals surface area contributed by atoms with Crippen molar-refractivity contribution >= 4 is 74.3 Å². The van der Waals surface area contributed by atoms with Crippen LogP contribution in [0.5, 0.6) is 0 Å². The Morgan fingerprint density at radius 2 is 2.06 bits per heavy atom. The molecule has 174 valence electrons. The van der Waals surface area contributed by atoms with E-state index >= 15 is 0 Å². The second-order valence-electron chi connectivity index (χ2n) is 6.85. The maximum Gasteiger partial charge on any atom is 0.295 e. The van der Waals surface area contributed by atoms with Crippen molar-refractivity contribution in [3.05, 3.63) is 40.8 Å². The van der Waals surface area contributed by atoms with Crippen molar-refractivity contribution in [2.45, 2.75) is 43.9 Å². The van der Waals surface area contributed by atoms with Crippen molar-refractivity contribution in [3.63, 3.8) is 0 Å². The van der Waals surface area contributed by atoms with Crippen LogP contribution in [0.15, 0.2) is 29.2 Å². The van der Waals surface area contributed by atoms with Gasteiger partial charge in [-0.15, -0.1) is 11.8 Å². The van der Waals surface area contributed by atoms with Gasteiger partial charge in [0.1, 0.15) is 10.7 Å². The highest BCUT2D eigenvalue weighted by molar-refractivity contribution is 14.2. The molecule has 0 amide bonds. The van der Waals surface area contributed by atoms with Crippen molar-refractivity contribution in [2.75, 3.05) is 24.8 Å². The van der Waals surface area contributed by atoms with E-state index in [0.29, 0.717) is 22.8 Å². The number of imidazole rings is 1. The lowest BCUT2D eigenvalue weighted by molar-refractivity contribution is 0.0804. The minimum absolute atomic E-state index is 0.0379. The smallest absolute Gasteiger partial charge is 0.295 e. The lowest BCUT2D eigenvalue weighted by Crippen LogP contribution is -2.15. The summed E-state index contributed by atoms with van der Waals surface area (Å²) in [5.74, 6) is 0.100. The highest BCUT2D eigenvalue weighted by Crippen LogP contribution is 2.39. The van der Waals surface area contributed by atoms with E-state index in [4.69, 9.17) is 16.3 Å². The lowest BCUT2D eigenvalue weighted by Gasteiger charge is -2.23. The van der Waals surface area contributed by atoms with Gasteiger partial charge >= 0.3 is 0 Å². The number of nitrogens with zero attached hydrogens (tertiary/aromatic N) is 3. The molecule has 4 rings (SSSR count). The highest BCUT2D eigenvalue weighted by Gasteiger charge is 2.23. The quantitative estimate of drug-likeness (QED) is 0.132. The highest BCUT2D eigenvalue weighted by atomic mass is 127. The van der Waals surface area contributed by atoms with E-state index in [1.165, 1.54) is 9.90 Å². The molecule has 2 unspecified atom stereocenters. The summed E-state index contributed by atoms with van der Waals surface area (Å²) in [4.78, 5) is 9.48. The fourth-order valence-corrected chi connectivity index (χ4v) is 6.25. The Morgan fingerprint density at radius 1 is 1.28 bits per heavy atom. The maximum atomic E-state index is 13.5. The SMILES string of the molecule is CC.CSc1cc(C2CCCOC2)ccc1Nc1cc(Cl)nc2c1nc(C(F)F)n2PI. The van der Waals surface area contributed by atoms with E-state index in [0.717, 1.165) is 36.6 Å². The predicted octanol–water partition coefficient (Wildman–Crippen LogP) is 8.20. The Labute approximate surface area is 210 Å². The van der Waals surface area contributed by atoms with E-state index < -0.39 is 6.43 Å². The van der Waals surface area contributed by atoms with Crippen LogP contribution in [0, 0.1) is 0 Å². The second kappa shape index (κ2) is 12.1. The van der Waals surface area contributed by atoms with E-state index in [9.17, 15) is 8.78 Å². The normalized spacial score (nSPS) is 16.6. The summed E-state index contributed by atoms with van der Waals surface area (Å²) in [6.07, 6.45) is 1.55. The molecule has 0 radical (unpaired) electrons. The molecule has 0 bridgehead atoms. The number of pyridine rings is 1. The van der Waals surface area contributed by atoms with Crippen LogP contribution in [0.2, 0.25) is 5.15 Å². The van der Waals surface area contributed by atoms with Gasteiger partial charge in [-0.25, -0.2) is 18.7 Å². The number of rotatable bonds is 6. The largest absolute Gasteiger partial charge is 0.381 e. The molecular weight excluding hydrogens is 588 g/mol. The number of nitrogens with one attached hydrogen (secondary N) is 1. The number of ether oxygens (including phenoxy) is 1. The zero-order valence-electron chi connectivity index (χ0n) is 18.0. The third kappa shape index (κ3) is 5.66. The Bertz CT molecular complexity index is 1070. The van der Waals surface area contributed by atoms with E-state index in [1.54, 1.807) is 17.8 Å². The predicted molar refractivity (Wildman–Crippen MR) is 141 cm³/mol. The van der Waals surface area contributed by atoms with E-state index in [2.05, 4.69) is 27.4 Å². The van der Waals surface area contributed by atoms with Crippen LogP contribution in [0.1, 0.15) is 50.4 Å². The molecule has 2 aromatic heterocycles. The third-order valence-electron chi connectivity index (χ3n) is 5.02. The van der Waals surface area contributed by atoms with Crippen LogP contribution in [0.4, 0.5) is 20.2 Å². The third-order valence-corrected chi connectivity index (χ3v) is 8.05. The summed E-state index contributed by atoms with van der Waals surface area (Å²) < 4.78 is 34.0. The molecule has 5 nitrogen and oxygen atoms in total. The van der Waals surface area contributed by atoms with Gasteiger partial charge in [-0.2, -0.15) is 0 Å². The van der Waals surface area contributed by atoms with Gasteiger partial charge < -0.3 is 10.1 Å². The first-order valence-corrected chi connectivity index (χ1v) is 15.9. The van der Waals surface area contributed by atoms with Crippen molar-refractivity contribution in [2.24, 2.45) is 0 Å². The number of fused-ring (bicyclic) bond motifs is 1. The van der Waals surface area contributed by atoms with Crippen molar-refractivity contribution in [1.82, 2.24) is 14.3 Å². The molecule has 11 heteroatoms. The first-order valence-electron chi connectivity index (χ1n) is 10.3. The monoisotopic (exact) mass is 612 g/mol. The van der Waals surface area contributed by atoms with Crippen LogP contribution in [-0.4, -0.2) is 33.8 Å². The number of alkyl halides is 2. The second-order valence-corrected chi connectivity index (χ2v) is 10.2. The number of aromatic nitrogens is 3. The number of thioether (sulfide) groups is 1. The Kier molecular flexibility index (Phi) is 9.79. The molecule has 1 N–H and O–H groups in total. The minimum atomic E-state index is -2.69. The number of hydrogen-bond acceptors (Lipinski definition) is 5.